The third-order valence-electron chi connectivity index (χ3n) is 7.37. The Morgan fingerprint density at radius 3 is 2.60 bits per heavy atom. The van der Waals surface area contributed by atoms with Gasteiger partial charge in [0, 0.05) is 73.7 Å². The first-order valence-electron chi connectivity index (χ1n) is 13.5. The molecule has 2 N–H and O–H groups in total. The van der Waals surface area contributed by atoms with Crippen molar-refractivity contribution in [3.8, 4) is 11.3 Å². The summed E-state index contributed by atoms with van der Waals surface area (Å²) in [5.41, 5.74) is 4.54. The molecule has 0 unspecified atom stereocenters. The number of carbonyl (C=O) groups excluding carboxylic acids is 1. The van der Waals surface area contributed by atoms with E-state index in [1.54, 1.807) is 24.5 Å². The number of likely N-dealkylation sites (N-methyl/N-ethyl adjacent to an activating group) is 1. The summed E-state index contributed by atoms with van der Waals surface area (Å²) in [7, 11) is 2.08. The fourth-order valence-electron chi connectivity index (χ4n) is 5.15. The maximum atomic E-state index is 13.2. The minimum absolute atomic E-state index is 0.0712. The molecule has 1 amide bonds. The van der Waals surface area contributed by atoms with E-state index < -0.39 is 17.6 Å². The molecular formula is C31H28F3N7O. The molecule has 5 aromatic rings. The van der Waals surface area contributed by atoms with Crippen molar-refractivity contribution in [1.82, 2.24) is 24.8 Å². The Bertz CT molecular complexity index is 1730. The average molecular weight is 572 g/mol. The molecule has 1 saturated heterocycles. The van der Waals surface area contributed by atoms with Crippen molar-refractivity contribution >= 4 is 28.3 Å². The van der Waals surface area contributed by atoms with Crippen molar-refractivity contribution in [2.24, 2.45) is 0 Å². The van der Waals surface area contributed by atoms with E-state index in [2.05, 4.69) is 32.1 Å². The summed E-state index contributed by atoms with van der Waals surface area (Å²) in [4.78, 5) is 34.9. The largest absolute Gasteiger partial charge is 0.416 e. The summed E-state index contributed by atoms with van der Waals surface area (Å²) in [6.45, 7) is 3.43. The first kappa shape index (κ1) is 27.4. The molecule has 3 aromatic heterocycles. The zero-order valence-electron chi connectivity index (χ0n) is 22.8. The van der Waals surface area contributed by atoms with Crippen LogP contribution in [0.1, 0.15) is 27.3 Å². The Labute approximate surface area is 240 Å². The van der Waals surface area contributed by atoms with Gasteiger partial charge in [-0.15, -0.1) is 0 Å². The lowest BCUT2D eigenvalue weighted by Gasteiger charge is -2.35. The highest BCUT2D eigenvalue weighted by molar-refractivity contribution is 6.04. The highest BCUT2D eigenvalue weighted by Gasteiger charge is 2.30. The molecule has 6 rings (SSSR count). The van der Waals surface area contributed by atoms with Gasteiger partial charge in [0.2, 0.25) is 0 Å². The Morgan fingerprint density at radius 2 is 1.83 bits per heavy atom. The fraction of sp³-hybridized carbons (Fsp3) is 0.226. The monoisotopic (exact) mass is 571 g/mol. The molecule has 0 spiro atoms. The molecule has 0 saturated carbocycles. The van der Waals surface area contributed by atoms with Crippen molar-refractivity contribution in [3.05, 3.63) is 102 Å². The predicted octanol–water partition coefficient (Wildman–Crippen LogP) is 5.63. The molecular weight excluding hydrogens is 543 g/mol. The topological polar surface area (TPSA) is 90.0 Å². The molecule has 0 radical (unpaired) electrons. The van der Waals surface area contributed by atoms with Crippen molar-refractivity contribution in [3.63, 3.8) is 0 Å². The Hall–Kier alpha value is -4.77. The first-order valence-corrected chi connectivity index (χ1v) is 13.5. The van der Waals surface area contributed by atoms with Gasteiger partial charge in [0.1, 0.15) is 5.82 Å². The number of hydrogen-bond donors (Lipinski definition) is 2. The smallest absolute Gasteiger partial charge is 0.369 e. The van der Waals surface area contributed by atoms with E-state index in [9.17, 15) is 18.0 Å². The quantitative estimate of drug-likeness (QED) is 0.275. The number of nitrogens with one attached hydrogen (secondary N) is 2. The molecule has 8 nitrogen and oxygen atoms in total. The summed E-state index contributed by atoms with van der Waals surface area (Å²) in [6, 6.07) is 15.7. The number of carbonyl (C=O) groups is 1. The number of amides is 1. The highest BCUT2D eigenvalue weighted by atomic mass is 19.4. The Balaban J connectivity index is 1.36. The number of halogens is 3. The lowest BCUT2D eigenvalue weighted by Crippen LogP contribution is -2.44. The normalized spacial score (nSPS) is 14.3. The number of aromatic nitrogens is 4. The van der Waals surface area contributed by atoms with Crippen molar-refractivity contribution in [2.75, 3.05) is 43.4 Å². The summed E-state index contributed by atoms with van der Waals surface area (Å²) >= 11 is 0. The fourth-order valence-corrected chi connectivity index (χ4v) is 5.15. The van der Waals surface area contributed by atoms with Crippen LogP contribution in [0, 0.1) is 0 Å². The van der Waals surface area contributed by atoms with Crippen LogP contribution in [0.3, 0.4) is 0 Å². The molecule has 0 aliphatic carbocycles. The van der Waals surface area contributed by atoms with Crippen LogP contribution in [0.4, 0.5) is 24.5 Å². The second-order valence-corrected chi connectivity index (χ2v) is 10.3. The van der Waals surface area contributed by atoms with Gasteiger partial charge in [-0.3, -0.25) is 9.78 Å². The van der Waals surface area contributed by atoms with Gasteiger partial charge in [0.05, 0.1) is 22.3 Å². The summed E-state index contributed by atoms with van der Waals surface area (Å²) in [5.74, 6) is 0.0744. The zero-order chi connectivity index (χ0) is 29.3. The van der Waals surface area contributed by atoms with Gasteiger partial charge in [-0.25, -0.2) is 9.97 Å². The maximum Gasteiger partial charge on any atom is 0.416 e. The standard InChI is InChI=1S/C31H28F3N7O/c1-40-12-14-41(15-13-40)26-8-7-20(30(42)37-24-6-2-5-23(18-24)31(32,33)34)16-22(26)17-27-38-25-9-11-36-29(25)28(39-27)21-4-3-10-35-19-21/h2-11,16,18-19,36H,12-15,17H2,1H3,(H,37,42). The molecule has 1 aliphatic rings. The lowest BCUT2D eigenvalue weighted by molar-refractivity contribution is -0.137. The molecule has 1 aliphatic heterocycles. The number of benzene rings is 2. The number of aromatic amines is 1. The molecule has 0 atom stereocenters. The van der Waals surface area contributed by atoms with Gasteiger partial charge >= 0.3 is 6.18 Å². The number of alkyl halides is 3. The van der Waals surface area contributed by atoms with E-state index in [4.69, 9.17) is 9.97 Å². The number of piperazine rings is 1. The second-order valence-electron chi connectivity index (χ2n) is 10.3. The van der Waals surface area contributed by atoms with Gasteiger partial charge < -0.3 is 20.1 Å². The number of hydrogen-bond acceptors (Lipinski definition) is 6. The van der Waals surface area contributed by atoms with Crippen molar-refractivity contribution in [1.29, 1.82) is 0 Å². The Kier molecular flexibility index (Phi) is 7.34. The number of rotatable bonds is 6. The van der Waals surface area contributed by atoms with Crippen LogP contribution in [-0.2, 0) is 12.6 Å². The van der Waals surface area contributed by atoms with Crippen molar-refractivity contribution < 1.29 is 18.0 Å². The lowest BCUT2D eigenvalue weighted by atomic mass is 10.0. The summed E-state index contributed by atoms with van der Waals surface area (Å²) in [6.07, 6.45) is 1.11. The minimum Gasteiger partial charge on any atom is -0.369 e. The number of pyridine rings is 1. The third kappa shape index (κ3) is 5.82. The van der Waals surface area contributed by atoms with E-state index in [1.165, 1.54) is 12.1 Å². The molecule has 42 heavy (non-hydrogen) atoms. The molecule has 4 heterocycles. The second kappa shape index (κ2) is 11.2. The van der Waals surface area contributed by atoms with E-state index in [1.807, 2.05) is 30.5 Å². The number of H-pyrrole nitrogens is 1. The molecule has 214 valence electrons. The predicted molar refractivity (Wildman–Crippen MR) is 155 cm³/mol. The third-order valence-corrected chi connectivity index (χ3v) is 7.37. The van der Waals surface area contributed by atoms with Crippen LogP contribution >= 0.6 is 0 Å². The van der Waals surface area contributed by atoms with E-state index in [0.717, 1.165) is 71.9 Å². The Morgan fingerprint density at radius 1 is 1.00 bits per heavy atom. The van der Waals surface area contributed by atoms with Gasteiger partial charge in [-0.1, -0.05) is 6.07 Å². The SMILES string of the molecule is CN1CCN(c2ccc(C(=O)Nc3cccc(C(F)(F)F)c3)cc2Cc2nc(-c3cccnc3)c3[nH]ccc3n2)CC1. The van der Waals surface area contributed by atoms with Gasteiger partial charge in [0.15, 0.2) is 0 Å². The average Bonchev–Trinajstić information content (AvgIpc) is 3.46. The summed E-state index contributed by atoms with van der Waals surface area (Å²) in [5, 5.41) is 2.62. The summed E-state index contributed by atoms with van der Waals surface area (Å²) < 4.78 is 39.6. The van der Waals surface area contributed by atoms with E-state index in [-0.39, 0.29) is 5.69 Å². The van der Waals surface area contributed by atoms with E-state index >= 15 is 0 Å². The maximum absolute atomic E-state index is 13.2. The van der Waals surface area contributed by atoms with Gasteiger partial charge in [-0.2, -0.15) is 13.2 Å². The zero-order valence-corrected chi connectivity index (χ0v) is 22.8. The number of nitrogens with zero attached hydrogens (tertiary/aromatic N) is 5. The molecule has 0 bridgehead atoms. The van der Waals surface area contributed by atoms with E-state index in [0.29, 0.717) is 17.8 Å². The van der Waals surface area contributed by atoms with Gasteiger partial charge in [0.25, 0.3) is 5.91 Å². The van der Waals surface area contributed by atoms with Gasteiger partial charge in [-0.05, 0) is 67.2 Å². The van der Waals surface area contributed by atoms with Crippen LogP contribution in [0.15, 0.2) is 79.3 Å². The van der Waals surface area contributed by atoms with Crippen LogP contribution in [0.25, 0.3) is 22.3 Å². The highest BCUT2D eigenvalue weighted by Crippen LogP contribution is 2.32. The molecule has 1 fully saturated rings. The van der Waals surface area contributed by atoms with Crippen LogP contribution < -0.4 is 10.2 Å². The first-order chi connectivity index (χ1) is 20.2. The molecule has 2 aromatic carbocycles. The van der Waals surface area contributed by atoms with Crippen LogP contribution in [-0.4, -0.2) is 64.0 Å². The van der Waals surface area contributed by atoms with Crippen LogP contribution in [0.5, 0.6) is 0 Å². The van der Waals surface area contributed by atoms with Crippen molar-refractivity contribution in [2.45, 2.75) is 12.6 Å². The van der Waals surface area contributed by atoms with Crippen LogP contribution in [0.2, 0.25) is 0 Å². The number of fused-ring (bicyclic) bond motifs is 1. The molecule has 11 heteroatoms. The number of anilines is 2. The minimum atomic E-state index is -4.51.